The van der Waals surface area contributed by atoms with Crippen LogP contribution >= 0.6 is 30.3 Å². The summed E-state index contributed by atoms with van der Waals surface area (Å²) in [7, 11) is 1.71. The lowest BCUT2D eigenvalue weighted by molar-refractivity contribution is 0.222. The summed E-state index contributed by atoms with van der Waals surface area (Å²) in [6.45, 7) is 1.45. The van der Waals surface area contributed by atoms with Gasteiger partial charge in [-0.05, 0) is 22.0 Å². The summed E-state index contributed by atoms with van der Waals surface area (Å²) in [5, 5.41) is 8.81. The monoisotopic (exact) mass is 259 g/mol. The Hall–Kier alpha value is 1.00. The maximum Gasteiger partial charge on any atom is 0.0596 e. The van der Waals surface area contributed by atoms with Crippen LogP contribution in [0.3, 0.4) is 0 Å². The third-order valence-electron chi connectivity index (χ3n) is 1.62. The van der Waals surface area contributed by atoms with Crippen molar-refractivity contribution in [1.29, 1.82) is 0 Å². The molecule has 9 heavy (non-hydrogen) atoms. The van der Waals surface area contributed by atoms with Gasteiger partial charge in [0.1, 0.15) is 0 Å². The molecule has 4 heteroatoms. The number of halogens is 1. The minimum absolute atomic E-state index is 0.315. The molecule has 54 valence electrons. The first kappa shape index (κ1) is 8.10. The molecule has 0 aromatic carbocycles. The average Bonchev–Trinajstić information content (AvgIpc) is 2.33. The van der Waals surface area contributed by atoms with Gasteiger partial charge in [0.2, 0.25) is 0 Å². The van der Waals surface area contributed by atoms with Crippen molar-refractivity contribution >= 4 is 30.3 Å². The molecule has 1 aliphatic rings. The van der Waals surface area contributed by atoms with E-state index in [0.717, 1.165) is 13.0 Å². The summed E-state index contributed by atoms with van der Waals surface area (Å²) >= 11 is 2.26. The highest BCUT2D eigenvalue weighted by Crippen LogP contribution is 2.28. The van der Waals surface area contributed by atoms with E-state index in [4.69, 9.17) is 5.11 Å². The molecule has 1 heterocycles. The summed E-state index contributed by atoms with van der Waals surface area (Å²) in [5.41, 5.74) is 0. The Kier molecular flexibility index (Phi) is 3.60. The minimum Gasteiger partial charge on any atom is -0.395 e. The van der Waals surface area contributed by atoms with Gasteiger partial charge in [-0.1, -0.05) is 0 Å². The van der Waals surface area contributed by atoms with E-state index in [1.165, 1.54) is 6.42 Å². The van der Waals surface area contributed by atoms with E-state index in [1.807, 2.05) is 0 Å². The zero-order valence-corrected chi connectivity index (χ0v) is 8.06. The van der Waals surface area contributed by atoms with Gasteiger partial charge in [0.05, 0.1) is 6.61 Å². The highest BCUT2D eigenvalue weighted by atomic mass is 127. The summed E-state index contributed by atoms with van der Waals surface area (Å²) in [5.74, 6) is 0. The van der Waals surface area contributed by atoms with Crippen LogP contribution in [-0.2, 0) is 0 Å². The van der Waals surface area contributed by atoms with Crippen LogP contribution in [0.1, 0.15) is 12.8 Å². The Morgan fingerprint density at radius 2 is 2.56 bits per heavy atom. The fraction of sp³-hybridized carbons (Fsp3) is 1.00. The lowest BCUT2D eigenvalue weighted by atomic mass is 10.2. The zero-order chi connectivity index (χ0) is 6.69. The number of aliphatic hydroxyl groups is 1. The number of hydrogen-bond acceptors (Lipinski definition) is 3. The first-order valence-electron chi connectivity index (χ1n) is 3.04. The van der Waals surface area contributed by atoms with E-state index in [9.17, 15) is 0 Å². The summed E-state index contributed by atoms with van der Waals surface area (Å²) in [4.78, 5) is 0. The molecule has 1 saturated heterocycles. The maximum atomic E-state index is 8.81. The average molecular weight is 259 g/mol. The van der Waals surface area contributed by atoms with Crippen molar-refractivity contribution in [3.63, 3.8) is 0 Å². The van der Waals surface area contributed by atoms with E-state index in [-0.39, 0.29) is 0 Å². The van der Waals surface area contributed by atoms with Crippen LogP contribution in [0.15, 0.2) is 0 Å². The molecular formula is C5H10INOS. The highest BCUT2D eigenvalue weighted by molar-refractivity contribution is 14.2. The Morgan fingerprint density at radius 3 is 3.00 bits per heavy atom. The van der Waals surface area contributed by atoms with E-state index < -0.39 is 0 Å². The van der Waals surface area contributed by atoms with E-state index in [2.05, 4.69) is 25.5 Å². The number of aliphatic hydroxyl groups excluding tert-OH is 1. The van der Waals surface area contributed by atoms with Gasteiger partial charge in [0.25, 0.3) is 0 Å². The number of hydrogen-bond donors (Lipinski definition) is 1. The van der Waals surface area contributed by atoms with Crippen molar-refractivity contribution in [1.82, 2.24) is 4.31 Å². The molecule has 1 aliphatic heterocycles. The van der Waals surface area contributed by atoms with Gasteiger partial charge in [-0.2, -0.15) is 0 Å². The van der Waals surface area contributed by atoms with E-state index in [1.54, 1.807) is 9.12 Å². The Balaban J connectivity index is 2.32. The van der Waals surface area contributed by atoms with Crippen molar-refractivity contribution in [3.05, 3.63) is 0 Å². The molecule has 0 spiro atoms. The van der Waals surface area contributed by atoms with Crippen LogP contribution in [0.5, 0.6) is 0 Å². The quantitative estimate of drug-likeness (QED) is 0.599. The van der Waals surface area contributed by atoms with Crippen LogP contribution in [-0.4, -0.2) is 28.6 Å². The van der Waals surface area contributed by atoms with Gasteiger partial charge < -0.3 is 5.11 Å². The lowest BCUT2D eigenvalue weighted by Crippen LogP contribution is -2.24. The molecule has 0 saturated carbocycles. The van der Waals surface area contributed by atoms with Crippen LogP contribution in [0.4, 0.5) is 0 Å². The predicted molar refractivity (Wildman–Crippen MR) is 48.4 cm³/mol. The third kappa shape index (κ3) is 1.96. The van der Waals surface area contributed by atoms with Crippen LogP contribution in [0.25, 0.3) is 0 Å². The second-order valence-corrected chi connectivity index (χ2v) is 3.98. The van der Waals surface area contributed by atoms with Gasteiger partial charge in [-0.25, -0.2) is 4.31 Å². The summed E-state index contributed by atoms with van der Waals surface area (Å²) in [6.07, 6.45) is 2.40. The first-order chi connectivity index (χ1) is 4.38. The van der Waals surface area contributed by atoms with Crippen molar-refractivity contribution in [2.45, 2.75) is 18.9 Å². The molecule has 0 aromatic heterocycles. The van der Waals surface area contributed by atoms with Gasteiger partial charge in [-0.15, -0.1) is 0 Å². The fourth-order valence-corrected chi connectivity index (χ4v) is 3.12. The molecule has 1 unspecified atom stereocenters. The number of nitrogens with zero attached hydrogens (tertiary/aromatic N) is 1. The smallest absolute Gasteiger partial charge is 0.0596 e. The van der Waals surface area contributed by atoms with Gasteiger partial charge in [0, 0.05) is 33.8 Å². The molecule has 0 amide bonds. The molecule has 0 bridgehead atoms. The fourth-order valence-electron chi connectivity index (χ4n) is 1.08. The molecule has 1 atom stereocenters. The second kappa shape index (κ2) is 4.00. The normalized spacial score (nSPS) is 29.3. The maximum absolute atomic E-state index is 8.81. The SMILES string of the molecule is OCC1CCCN1SI. The van der Waals surface area contributed by atoms with Crippen LogP contribution < -0.4 is 0 Å². The first-order valence-corrected chi connectivity index (χ1v) is 6.36. The largest absolute Gasteiger partial charge is 0.395 e. The van der Waals surface area contributed by atoms with Crippen molar-refractivity contribution in [2.24, 2.45) is 0 Å². The molecule has 0 radical (unpaired) electrons. The zero-order valence-electron chi connectivity index (χ0n) is 5.09. The molecule has 1 N–H and O–H groups in total. The van der Waals surface area contributed by atoms with Crippen LogP contribution in [0.2, 0.25) is 0 Å². The van der Waals surface area contributed by atoms with Crippen molar-refractivity contribution in [2.75, 3.05) is 13.2 Å². The van der Waals surface area contributed by atoms with E-state index >= 15 is 0 Å². The van der Waals surface area contributed by atoms with E-state index in [0.29, 0.717) is 12.6 Å². The molecule has 2 nitrogen and oxygen atoms in total. The second-order valence-electron chi connectivity index (χ2n) is 2.19. The van der Waals surface area contributed by atoms with Crippen LogP contribution in [0, 0.1) is 0 Å². The molecule has 0 aromatic rings. The van der Waals surface area contributed by atoms with Crippen molar-refractivity contribution in [3.8, 4) is 0 Å². The Bertz CT molecular complexity index is 83.0. The molecular weight excluding hydrogens is 249 g/mol. The summed E-state index contributed by atoms with van der Waals surface area (Å²) in [6, 6.07) is 0.423. The molecule has 1 fully saturated rings. The predicted octanol–water partition coefficient (Wildman–Crippen LogP) is 1.44. The van der Waals surface area contributed by atoms with Gasteiger partial charge >= 0.3 is 0 Å². The van der Waals surface area contributed by atoms with Crippen molar-refractivity contribution < 1.29 is 5.11 Å². The highest BCUT2D eigenvalue weighted by Gasteiger charge is 2.22. The lowest BCUT2D eigenvalue weighted by Gasteiger charge is -2.16. The minimum atomic E-state index is 0.315. The molecule has 0 aliphatic carbocycles. The Labute approximate surface area is 71.7 Å². The topological polar surface area (TPSA) is 23.5 Å². The molecule has 1 rings (SSSR count). The van der Waals surface area contributed by atoms with Gasteiger partial charge in [0.15, 0.2) is 0 Å². The standard InChI is InChI=1S/C5H10INOS/c6-9-7-3-1-2-5(7)4-8/h5,8H,1-4H2. The Morgan fingerprint density at radius 1 is 1.78 bits per heavy atom. The number of rotatable bonds is 2. The summed E-state index contributed by atoms with van der Waals surface area (Å²) < 4.78 is 2.24. The third-order valence-corrected chi connectivity index (χ3v) is 3.80. The van der Waals surface area contributed by atoms with Gasteiger partial charge in [-0.3, -0.25) is 0 Å².